The van der Waals surface area contributed by atoms with E-state index in [4.69, 9.17) is 4.74 Å². The minimum atomic E-state index is -0.118. The molecule has 2 aliphatic rings. The third-order valence-electron chi connectivity index (χ3n) is 4.76. The Morgan fingerprint density at radius 2 is 1.86 bits per heavy atom. The van der Waals surface area contributed by atoms with Gasteiger partial charge in [-0.15, -0.1) is 0 Å². The third-order valence-corrected chi connectivity index (χ3v) is 4.76. The first-order valence-corrected chi connectivity index (χ1v) is 8.56. The monoisotopic (exact) mass is 303 g/mol. The van der Waals surface area contributed by atoms with Gasteiger partial charge in [0.1, 0.15) is 11.4 Å². The van der Waals surface area contributed by atoms with E-state index in [1.165, 1.54) is 38.3 Å². The summed E-state index contributed by atoms with van der Waals surface area (Å²) in [6.45, 7) is 14.5. The second kappa shape index (κ2) is 6.47. The van der Waals surface area contributed by atoms with Crippen molar-refractivity contribution in [3.05, 3.63) is 23.8 Å². The van der Waals surface area contributed by atoms with Crippen molar-refractivity contribution < 1.29 is 4.74 Å². The molecule has 1 saturated heterocycles. The zero-order chi connectivity index (χ0) is 15.6. The van der Waals surface area contributed by atoms with Gasteiger partial charge in [-0.3, -0.25) is 0 Å². The molecule has 0 radical (unpaired) electrons. The molecule has 1 N–H and O–H groups in total. The first-order valence-electron chi connectivity index (χ1n) is 8.56. The standard InChI is InChI=1S/C18H29N3O/c1-4-20-9-11-21(12-10-20)8-7-15-5-6-17-16(13-15)19-14-18(2,3)22-17/h5-6,13,19H,4,7-12,14H2,1-3H3. The molecule has 0 amide bonds. The number of fused-ring (bicyclic) bond motifs is 1. The Morgan fingerprint density at radius 1 is 1.14 bits per heavy atom. The van der Waals surface area contributed by atoms with Crippen LogP contribution in [0.4, 0.5) is 5.69 Å². The van der Waals surface area contributed by atoms with E-state index in [2.05, 4.69) is 54.1 Å². The molecule has 2 aliphatic heterocycles. The minimum Gasteiger partial charge on any atom is -0.484 e. The molecule has 2 heterocycles. The predicted molar refractivity (Wildman–Crippen MR) is 91.9 cm³/mol. The maximum atomic E-state index is 6.01. The Morgan fingerprint density at radius 3 is 2.59 bits per heavy atom. The van der Waals surface area contributed by atoms with Gasteiger partial charge in [0, 0.05) is 32.7 Å². The fraction of sp³-hybridized carbons (Fsp3) is 0.667. The molecule has 0 saturated carbocycles. The second-order valence-electron chi connectivity index (χ2n) is 7.07. The Kier molecular flexibility index (Phi) is 4.59. The number of rotatable bonds is 4. The molecule has 0 spiro atoms. The fourth-order valence-corrected chi connectivity index (χ4v) is 3.22. The first kappa shape index (κ1) is 15.6. The highest BCUT2D eigenvalue weighted by molar-refractivity contribution is 5.60. The van der Waals surface area contributed by atoms with Gasteiger partial charge >= 0.3 is 0 Å². The van der Waals surface area contributed by atoms with Crippen LogP contribution in [0.1, 0.15) is 26.3 Å². The second-order valence-corrected chi connectivity index (χ2v) is 7.07. The van der Waals surface area contributed by atoms with Crippen LogP contribution >= 0.6 is 0 Å². The van der Waals surface area contributed by atoms with Gasteiger partial charge < -0.3 is 19.9 Å². The molecule has 122 valence electrons. The maximum Gasteiger partial charge on any atom is 0.143 e. The lowest BCUT2D eigenvalue weighted by atomic mass is 10.0. The smallest absolute Gasteiger partial charge is 0.143 e. The van der Waals surface area contributed by atoms with Gasteiger partial charge in [0.05, 0.1) is 12.2 Å². The van der Waals surface area contributed by atoms with E-state index < -0.39 is 0 Å². The summed E-state index contributed by atoms with van der Waals surface area (Å²) in [5, 5.41) is 3.50. The van der Waals surface area contributed by atoms with E-state index in [0.29, 0.717) is 0 Å². The number of hydrogen-bond donors (Lipinski definition) is 1. The topological polar surface area (TPSA) is 27.7 Å². The van der Waals surface area contributed by atoms with E-state index in [9.17, 15) is 0 Å². The highest BCUT2D eigenvalue weighted by Crippen LogP contribution is 2.33. The van der Waals surface area contributed by atoms with Crippen molar-refractivity contribution >= 4 is 5.69 Å². The van der Waals surface area contributed by atoms with Crippen molar-refractivity contribution in [3.8, 4) is 5.75 Å². The molecule has 1 fully saturated rings. The molecular formula is C18H29N3O. The highest BCUT2D eigenvalue weighted by Gasteiger charge is 2.26. The van der Waals surface area contributed by atoms with Gasteiger partial charge in [-0.1, -0.05) is 13.0 Å². The fourth-order valence-electron chi connectivity index (χ4n) is 3.22. The van der Waals surface area contributed by atoms with E-state index in [-0.39, 0.29) is 5.60 Å². The lowest BCUT2D eigenvalue weighted by molar-refractivity contribution is 0.116. The molecular weight excluding hydrogens is 274 g/mol. The SMILES string of the molecule is CCN1CCN(CCc2ccc3c(c2)NCC(C)(C)O3)CC1. The van der Waals surface area contributed by atoms with Gasteiger partial charge in [0.15, 0.2) is 0 Å². The lowest BCUT2D eigenvalue weighted by Crippen LogP contribution is -2.46. The van der Waals surface area contributed by atoms with Crippen molar-refractivity contribution in [1.29, 1.82) is 0 Å². The Balaban J connectivity index is 1.54. The molecule has 1 aromatic carbocycles. The summed E-state index contributed by atoms with van der Waals surface area (Å²) in [6.07, 6.45) is 1.12. The third kappa shape index (κ3) is 3.73. The summed E-state index contributed by atoms with van der Waals surface area (Å²) in [4.78, 5) is 5.11. The molecule has 4 nitrogen and oxygen atoms in total. The van der Waals surface area contributed by atoms with E-state index in [1.54, 1.807) is 0 Å². The van der Waals surface area contributed by atoms with Crippen LogP contribution < -0.4 is 10.1 Å². The van der Waals surface area contributed by atoms with Crippen molar-refractivity contribution in [2.24, 2.45) is 0 Å². The van der Waals surface area contributed by atoms with Crippen LogP contribution in [0.15, 0.2) is 18.2 Å². The zero-order valence-electron chi connectivity index (χ0n) is 14.2. The normalized spacial score (nSPS) is 21.8. The molecule has 4 heteroatoms. The Labute approximate surface area is 134 Å². The lowest BCUT2D eigenvalue weighted by Gasteiger charge is -2.34. The largest absolute Gasteiger partial charge is 0.484 e. The van der Waals surface area contributed by atoms with Crippen LogP contribution in [0.2, 0.25) is 0 Å². The number of piperazine rings is 1. The van der Waals surface area contributed by atoms with Crippen LogP contribution in [0.3, 0.4) is 0 Å². The number of likely N-dealkylation sites (N-methyl/N-ethyl adjacent to an activating group) is 1. The van der Waals surface area contributed by atoms with Crippen LogP contribution in [-0.4, -0.2) is 61.2 Å². The van der Waals surface area contributed by atoms with Crippen LogP contribution in [0, 0.1) is 0 Å². The molecule has 3 rings (SSSR count). The quantitative estimate of drug-likeness (QED) is 0.925. The van der Waals surface area contributed by atoms with Gasteiger partial charge in [-0.2, -0.15) is 0 Å². The number of benzene rings is 1. The number of ether oxygens (including phenoxy) is 1. The van der Waals surface area contributed by atoms with Crippen molar-refractivity contribution in [2.45, 2.75) is 32.8 Å². The zero-order valence-corrected chi connectivity index (χ0v) is 14.2. The summed E-state index contributed by atoms with van der Waals surface area (Å²) >= 11 is 0. The van der Waals surface area contributed by atoms with E-state index >= 15 is 0 Å². The number of nitrogens with zero attached hydrogens (tertiary/aromatic N) is 2. The Hall–Kier alpha value is -1.26. The van der Waals surface area contributed by atoms with Gasteiger partial charge in [-0.05, 0) is 44.5 Å². The van der Waals surface area contributed by atoms with Crippen LogP contribution in [-0.2, 0) is 6.42 Å². The van der Waals surface area contributed by atoms with E-state index in [1.807, 2.05) is 0 Å². The Bertz CT molecular complexity index is 507. The van der Waals surface area contributed by atoms with Crippen LogP contribution in [0.5, 0.6) is 5.75 Å². The molecule has 0 unspecified atom stereocenters. The highest BCUT2D eigenvalue weighted by atomic mass is 16.5. The average Bonchev–Trinajstić information content (AvgIpc) is 2.52. The molecule has 22 heavy (non-hydrogen) atoms. The summed E-state index contributed by atoms with van der Waals surface area (Å²) in [5.41, 5.74) is 2.42. The predicted octanol–water partition coefficient (Wildman–Crippen LogP) is 2.45. The number of hydrogen-bond acceptors (Lipinski definition) is 4. The number of nitrogens with one attached hydrogen (secondary N) is 1. The summed E-state index contributed by atoms with van der Waals surface area (Å²) in [5.74, 6) is 0.983. The molecule has 1 aromatic rings. The van der Waals surface area contributed by atoms with Crippen LogP contribution in [0.25, 0.3) is 0 Å². The minimum absolute atomic E-state index is 0.118. The average molecular weight is 303 g/mol. The van der Waals surface area contributed by atoms with Gasteiger partial charge in [-0.25, -0.2) is 0 Å². The summed E-state index contributed by atoms with van der Waals surface area (Å²) in [7, 11) is 0. The molecule has 0 aliphatic carbocycles. The molecule has 0 aromatic heterocycles. The molecule has 0 atom stereocenters. The van der Waals surface area contributed by atoms with E-state index in [0.717, 1.165) is 30.9 Å². The number of anilines is 1. The van der Waals surface area contributed by atoms with Crippen molar-refractivity contribution in [3.63, 3.8) is 0 Å². The van der Waals surface area contributed by atoms with Crippen molar-refractivity contribution in [1.82, 2.24) is 9.80 Å². The van der Waals surface area contributed by atoms with Gasteiger partial charge in [0.25, 0.3) is 0 Å². The maximum absolute atomic E-state index is 6.01. The molecule has 0 bridgehead atoms. The van der Waals surface area contributed by atoms with Crippen molar-refractivity contribution in [2.75, 3.05) is 51.1 Å². The summed E-state index contributed by atoms with van der Waals surface area (Å²) < 4.78 is 6.01. The summed E-state index contributed by atoms with van der Waals surface area (Å²) in [6, 6.07) is 6.59. The van der Waals surface area contributed by atoms with Gasteiger partial charge in [0.2, 0.25) is 0 Å². The first-order chi connectivity index (χ1) is 10.6.